The number of rotatable bonds is 9. The number of amides is 2. The number of fused-ring (bicyclic) bond motifs is 1. The van der Waals surface area contributed by atoms with Crippen molar-refractivity contribution in [2.45, 2.75) is 44.7 Å². The number of aryl methyl sites for hydroxylation is 1. The molecule has 1 saturated carbocycles. The second-order valence-electron chi connectivity index (χ2n) is 10.6. The van der Waals surface area contributed by atoms with Crippen LogP contribution < -0.4 is 11.1 Å². The van der Waals surface area contributed by atoms with Gasteiger partial charge in [-0.05, 0) is 44.9 Å². The van der Waals surface area contributed by atoms with Crippen LogP contribution in [0.15, 0.2) is 48.9 Å². The Morgan fingerprint density at radius 1 is 1.17 bits per heavy atom. The SMILES string of the molecule is CCc1cnc(NC(=O)c2ccc(-c3nn(C4CCN(C(=O)/C=C/CN(C)C5CC5)C4)c4ncnc(N)c34)cc2)s1. The smallest absolute Gasteiger partial charge is 0.257 e. The van der Waals surface area contributed by atoms with E-state index >= 15 is 0 Å². The maximum Gasteiger partial charge on any atom is 0.257 e. The lowest BCUT2D eigenvalue weighted by atomic mass is 10.1. The summed E-state index contributed by atoms with van der Waals surface area (Å²) in [6.45, 7) is 4.02. The van der Waals surface area contributed by atoms with Crippen molar-refractivity contribution in [3.63, 3.8) is 0 Å². The largest absolute Gasteiger partial charge is 0.383 e. The van der Waals surface area contributed by atoms with Crippen molar-refractivity contribution in [2.75, 3.05) is 37.7 Å². The summed E-state index contributed by atoms with van der Waals surface area (Å²) in [7, 11) is 2.10. The van der Waals surface area contributed by atoms with Crippen LogP contribution >= 0.6 is 11.3 Å². The summed E-state index contributed by atoms with van der Waals surface area (Å²) in [6.07, 6.45) is 11.0. The van der Waals surface area contributed by atoms with Gasteiger partial charge in [0.05, 0.1) is 11.4 Å². The first-order valence-corrected chi connectivity index (χ1v) is 14.7. The van der Waals surface area contributed by atoms with Gasteiger partial charge in [0.1, 0.15) is 17.8 Å². The predicted molar refractivity (Wildman–Crippen MR) is 160 cm³/mol. The normalized spacial score (nSPS) is 17.2. The molecule has 1 aliphatic carbocycles. The van der Waals surface area contributed by atoms with E-state index in [-0.39, 0.29) is 17.9 Å². The number of likely N-dealkylation sites (N-methyl/N-ethyl adjacent to an activating group) is 1. The molecule has 1 atom stereocenters. The van der Waals surface area contributed by atoms with Gasteiger partial charge in [-0.15, -0.1) is 11.3 Å². The summed E-state index contributed by atoms with van der Waals surface area (Å²) in [6, 6.07) is 7.83. The van der Waals surface area contributed by atoms with Crippen LogP contribution in [0.2, 0.25) is 0 Å². The number of carbonyl (C=O) groups is 2. The number of thiazole rings is 1. The summed E-state index contributed by atoms with van der Waals surface area (Å²) >= 11 is 1.47. The Morgan fingerprint density at radius 2 is 1.98 bits per heavy atom. The van der Waals surface area contributed by atoms with E-state index in [9.17, 15) is 9.59 Å². The topological polar surface area (TPSA) is 135 Å². The number of nitrogens with one attached hydrogen (secondary N) is 1. The second-order valence-corrected chi connectivity index (χ2v) is 11.7. The number of carbonyl (C=O) groups excluding carboxylic acids is 2. The zero-order chi connectivity index (χ0) is 28.5. The number of benzene rings is 1. The molecule has 6 rings (SSSR count). The number of likely N-dealkylation sites (tertiary alicyclic amines) is 1. The van der Waals surface area contributed by atoms with Crippen LogP contribution in [0, 0.1) is 0 Å². The molecule has 41 heavy (non-hydrogen) atoms. The molecule has 4 aromatic rings. The molecule has 0 bridgehead atoms. The molecule has 0 spiro atoms. The molecule has 0 radical (unpaired) electrons. The highest BCUT2D eigenvalue weighted by Gasteiger charge is 2.30. The number of anilines is 2. The van der Waals surface area contributed by atoms with Crippen LogP contribution in [-0.2, 0) is 11.2 Å². The van der Waals surface area contributed by atoms with Crippen molar-refractivity contribution in [1.29, 1.82) is 0 Å². The summed E-state index contributed by atoms with van der Waals surface area (Å²) in [5.74, 6) is 0.123. The predicted octanol–water partition coefficient (Wildman–Crippen LogP) is 3.77. The maximum absolute atomic E-state index is 12.9. The van der Waals surface area contributed by atoms with E-state index in [1.165, 1.54) is 30.5 Å². The van der Waals surface area contributed by atoms with Gasteiger partial charge in [-0.2, -0.15) is 5.10 Å². The van der Waals surface area contributed by atoms with Crippen molar-refractivity contribution >= 4 is 45.1 Å². The summed E-state index contributed by atoms with van der Waals surface area (Å²) in [5.41, 5.74) is 8.89. The summed E-state index contributed by atoms with van der Waals surface area (Å²) < 4.78 is 1.87. The minimum absolute atomic E-state index is 0.0139. The first-order valence-electron chi connectivity index (χ1n) is 13.9. The molecule has 11 nitrogen and oxygen atoms in total. The van der Waals surface area contributed by atoms with E-state index < -0.39 is 0 Å². The van der Waals surface area contributed by atoms with Gasteiger partial charge in [-0.1, -0.05) is 25.1 Å². The van der Waals surface area contributed by atoms with E-state index in [1.54, 1.807) is 24.4 Å². The van der Waals surface area contributed by atoms with Crippen LogP contribution in [0.3, 0.4) is 0 Å². The molecule has 3 N–H and O–H groups in total. The highest BCUT2D eigenvalue weighted by atomic mass is 32.1. The number of hydrogen-bond acceptors (Lipinski definition) is 9. The lowest BCUT2D eigenvalue weighted by Crippen LogP contribution is -2.28. The fourth-order valence-electron chi connectivity index (χ4n) is 5.16. The van der Waals surface area contributed by atoms with Crippen molar-refractivity contribution in [1.82, 2.24) is 34.5 Å². The molecule has 1 unspecified atom stereocenters. The van der Waals surface area contributed by atoms with Crippen molar-refractivity contribution in [2.24, 2.45) is 0 Å². The van der Waals surface area contributed by atoms with Crippen LogP contribution in [0.5, 0.6) is 0 Å². The minimum Gasteiger partial charge on any atom is -0.383 e. The van der Waals surface area contributed by atoms with Crippen molar-refractivity contribution in [3.8, 4) is 11.3 Å². The Balaban J connectivity index is 1.19. The van der Waals surface area contributed by atoms with E-state index in [1.807, 2.05) is 27.8 Å². The molecule has 2 aliphatic rings. The second kappa shape index (κ2) is 11.4. The lowest BCUT2D eigenvalue weighted by Gasteiger charge is -2.16. The zero-order valence-electron chi connectivity index (χ0n) is 23.2. The molecule has 2 fully saturated rings. The molecule has 4 heterocycles. The molecule has 212 valence electrons. The average Bonchev–Trinajstić information content (AvgIpc) is 3.36. The third-order valence-corrected chi connectivity index (χ3v) is 8.76. The fraction of sp³-hybridized carbons (Fsp3) is 0.379. The number of nitrogen functional groups attached to an aromatic ring is 1. The van der Waals surface area contributed by atoms with Crippen LogP contribution in [0.25, 0.3) is 22.3 Å². The number of aromatic nitrogens is 5. The fourth-order valence-corrected chi connectivity index (χ4v) is 5.91. The number of nitrogens with zero attached hydrogens (tertiary/aromatic N) is 7. The van der Waals surface area contributed by atoms with E-state index in [0.29, 0.717) is 52.4 Å². The first kappa shape index (κ1) is 27.0. The highest BCUT2D eigenvalue weighted by Crippen LogP contribution is 2.34. The van der Waals surface area contributed by atoms with Gasteiger partial charge in [0.25, 0.3) is 5.91 Å². The maximum atomic E-state index is 12.9. The third kappa shape index (κ3) is 5.70. The van der Waals surface area contributed by atoms with Gasteiger partial charge in [0.2, 0.25) is 5.91 Å². The molecular formula is C29H33N9O2S. The Bertz CT molecular complexity index is 1610. The molecule has 12 heteroatoms. The van der Waals surface area contributed by atoms with Crippen molar-refractivity contribution < 1.29 is 9.59 Å². The lowest BCUT2D eigenvalue weighted by molar-refractivity contribution is -0.125. The van der Waals surface area contributed by atoms with E-state index in [4.69, 9.17) is 10.8 Å². The van der Waals surface area contributed by atoms with Crippen LogP contribution in [0.1, 0.15) is 47.5 Å². The minimum atomic E-state index is -0.226. The number of hydrogen-bond donors (Lipinski definition) is 2. The molecule has 3 aromatic heterocycles. The third-order valence-electron chi connectivity index (χ3n) is 7.71. The van der Waals surface area contributed by atoms with Crippen molar-refractivity contribution in [3.05, 3.63) is 59.4 Å². The van der Waals surface area contributed by atoms with E-state index in [0.717, 1.165) is 29.8 Å². The molecular weight excluding hydrogens is 538 g/mol. The molecule has 1 aliphatic heterocycles. The van der Waals surface area contributed by atoms with Gasteiger partial charge in [-0.25, -0.2) is 19.6 Å². The zero-order valence-corrected chi connectivity index (χ0v) is 24.0. The van der Waals surface area contributed by atoms with Gasteiger partial charge in [0.15, 0.2) is 10.8 Å². The summed E-state index contributed by atoms with van der Waals surface area (Å²) in [4.78, 5) is 43.9. The highest BCUT2D eigenvalue weighted by molar-refractivity contribution is 7.15. The number of nitrogens with two attached hydrogens (primary N) is 1. The average molecular weight is 572 g/mol. The van der Waals surface area contributed by atoms with Gasteiger partial charge >= 0.3 is 0 Å². The monoisotopic (exact) mass is 571 g/mol. The Labute approximate surface area is 242 Å². The van der Waals surface area contributed by atoms with E-state index in [2.05, 4.69) is 39.1 Å². The molecule has 2 amide bonds. The first-order chi connectivity index (χ1) is 19.9. The summed E-state index contributed by atoms with van der Waals surface area (Å²) in [5, 5.41) is 9.02. The van der Waals surface area contributed by atoms with Gasteiger partial charge in [0, 0.05) is 54.0 Å². The Hall–Kier alpha value is -4.16. The van der Waals surface area contributed by atoms with Gasteiger partial charge < -0.3 is 10.6 Å². The molecule has 1 saturated heterocycles. The Morgan fingerprint density at radius 3 is 2.71 bits per heavy atom. The van der Waals surface area contributed by atoms with Crippen LogP contribution in [-0.4, -0.2) is 79.1 Å². The van der Waals surface area contributed by atoms with Gasteiger partial charge in [-0.3, -0.25) is 19.8 Å². The van der Waals surface area contributed by atoms with Crippen LogP contribution in [0.4, 0.5) is 10.9 Å². The quantitative estimate of drug-likeness (QED) is 0.290. The Kier molecular flexibility index (Phi) is 7.50. The molecule has 1 aromatic carbocycles. The standard InChI is InChI=1S/C29H33N9O2S/c1-3-22-15-31-29(41-22)34-28(40)19-8-6-18(7-9-19)25-24-26(30)32-17-33-27(24)38(35-25)21-12-14-37(16-21)23(39)5-4-13-36(2)20-10-11-20/h4-9,15,17,20-21H,3,10-14,16H2,1-2H3,(H2,30,32,33)(H,31,34,40)/b5-4+.